The lowest BCUT2D eigenvalue weighted by Gasteiger charge is -2.59. The molecule has 2 unspecified atom stereocenters. The van der Waals surface area contributed by atoms with E-state index >= 15 is 0 Å². The molecule has 0 N–H and O–H groups in total. The third-order valence-corrected chi connectivity index (χ3v) is 8.42. The highest BCUT2D eigenvalue weighted by molar-refractivity contribution is 5.91. The summed E-state index contributed by atoms with van der Waals surface area (Å²) in [4.78, 5) is 27.3. The van der Waals surface area contributed by atoms with Crippen molar-refractivity contribution >= 4 is 11.9 Å². The van der Waals surface area contributed by atoms with Crippen molar-refractivity contribution in [3.63, 3.8) is 0 Å². The molecule has 0 saturated heterocycles. The first-order chi connectivity index (χ1) is 19.3. The third-order valence-electron chi connectivity index (χ3n) is 8.42. The van der Waals surface area contributed by atoms with Crippen molar-refractivity contribution < 1.29 is 28.5 Å². The van der Waals surface area contributed by atoms with Crippen LogP contribution in [0.3, 0.4) is 0 Å². The Morgan fingerprint density at radius 1 is 0.625 bits per heavy atom. The van der Waals surface area contributed by atoms with Crippen molar-refractivity contribution in [3.8, 4) is 5.75 Å². The molecule has 0 fully saturated rings. The van der Waals surface area contributed by atoms with Crippen LogP contribution in [0.2, 0.25) is 0 Å². The highest BCUT2D eigenvalue weighted by Crippen LogP contribution is 2.61. The molecule has 0 spiro atoms. The lowest BCUT2D eigenvalue weighted by atomic mass is 9.51. The number of rotatable bonds is 6. The zero-order valence-electron chi connectivity index (χ0n) is 22.8. The molecule has 3 aliphatic rings. The zero-order chi connectivity index (χ0) is 28.1. The summed E-state index contributed by atoms with van der Waals surface area (Å²) in [5, 5.41) is 0. The second-order valence-electron chi connectivity index (χ2n) is 10.5. The molecule has 6 heteroatoms. The van der Waals surface area contributed by atoms with Gasteiger partial charge in [-0.25, -0.2) is 9.59 Å². The van der Waals surface area contributed by atoms with Crippen LogP contribution in [0.1, 0.15) is 55.5 Å². The lowest BCUT2D eigenvalue weighted by molar-refractivity contribution is -0.167. The van der Waals surface area contributed by atoms with Gasteiger partial charge in [-0.05, 0) is 72.5 Å². The zero-order valence-corrected chi connectivity index (χ0v) is 22.8. The van der Waals surface area contributed by atoms with Gasteiger partial charge in [-0.15, -0.1) is 0 Å². The smallest absolute Gasteiger partial charge is 0.338 e. The van der Waals surface area contributed by atoms with Crippen LogP contribution in [-0.4, -0.2) is 38.4 Å². The molecule has 202 valence electrons. The maximum atomic E-state index is 13.7. The average molecular weight is 535 g/mol. The maximum Gasteiger partial charge on any atom is 0.338 e. The molecule has 4 aromatic carbocycles. The molecule has 7 rings (SSSR count). The Bertz CT molecular complexity index is 1540. The highest BCUT2D eigenvalue weighted by Gasteiger charge is 2.68. The Hall–Kier alpha value is -4.42. The lowest BCUT2D eigenvalue weighted by Crippen LogP contribution is -2.67. The van der Waals surface area contributed by atoms with E-state index in [2.05, 4.69) is 0 Å². The second kappa shape index (κ2) is 9.65. The van der Waals surface area contributed by atoms with Crippen molar-refractivity contribution in [2.75, 3.05) is 14.2 Å². The fourth-order valence-corrected chi connectivity index (χ4v) is 6.38. The summed E-state index contributed by atoms with van der Waals surface area (Å²) in [6.07, 6.45) is -1.86. The summed E-state index contributed by atoms with van der Waals surface area (Å²) in [6.45, 7) is 4.01. The number of carbonyl (C=O) groups is 2. The Labute approximate surface area is 233 Å². The van der Waals surface area contributed by atoms with E-state index in [9.17, 15) is 9.59 Å². The number of hydrogen-bond donors (Lipinski definition) is 0. The maximum absolute atomic E-state index is 13.7. The van der Waals surface area contributed by atoms with Crippen molar-refractivity contribution in [1.82, 2.24) is 0 Å². The van der Waals surface area contributed by atoms with Gasteiger partial charge >= 0.3 is 11.9 Å². The van der Waals surface area contributed by atoms with E-state index in [-0.39, 0.29) is 0 Å². The van der Waals surface area contributed by atoms with Gasteiger partial charge < -0.3 is 18.9 Å². The van der Waals surface area contributed by atoms with Gasteiger partial charge in [-0.1, -0.05) is 66.2 Å². The molecule has 2 bridgehead atoms. The Morgan fingerprint density at radius 2 is 1.07 bits per heavy atom. The fraction of sp³-hybridized carbons (Fsp3) is 0.235. The molecule has 0 heterocycles. The molecule has 40 heavy (non-hydrogen) atoms. The van der Waals surface area contributed by atoms with Gasteiger partial charge in [0.05, 0.1) is 23.7 Å². The predicted molar refractivity (Wildman–Crippen MR) is 150 cm³/mol. The third kappa shape index (κ3) is 3.67. The van der Waals surface area contributed by atoms with E-state index in [0.29, 0.717) is 16.9 Å². The first kappa shape index (κ1) is 25.8. The SMILES string of the molecule is COc1ccc(C(=O)OC2C(OC(=O)c3ccc(C)cc3)C3(C)c4ccccc4C2(OC)c2ccccc23)cc1. The van der Waals surface area contributed by atoms with Crippen LogP contribution in [0.15, 0.2) is 97.1 Å². The van der Waals surface area contributed by atoms with Crippen LogP contribution in [0.4, 0.5) is 0 Å². The molecule has 0 radical (unpaired) electrons. The molecular formula is C34H30O6. The predicted octanol–water partition coefficient (Wildman–Crippen LogP) is 5.98. The molecule has 0 aliphatic heterocycles. The van der Waals surface area contributed by atoms with Crippen molar-refractivity contribution in [1.29, 1.82) is 0 Å². The van der Waals surface area contributed by atoms with Gasteiger partial charge in [0.2, 0.25) is 0 Å². The number of fused-ring (bicyclic) bond motifs is 1. The van der Waals surface area contributed by atoms with Crippen LogP contribution in [0, 0.1) is 6.92 Å². The van der Waals surface area contributed by atoms with Crippen LogP contribution >= 0.6 is 0 Å². The van der Waals surface area contributed by atoms with Gasteiger partial charge in [0.25, 0.3) is 0 Å². The summed E-state index contributed by atoms with van der Waals surface area (Å²) in [6, 6.07) is 29.8. The van der Waals surface area contributed by atoms with Crippen LogP contribution in [-0.2, 0) is 25.2 Å². The Balaban J connectivity index is 1.53. The number of methoxy groups -OCH3 is 2. The van der Waals surface area contributed by atoms with Gasteiger partial charge in [-0.2, -0.15) is 0 Å². The summed E-state index contributed by atoms with van der Waals surface area (Å²) in [5.41, 5.74) is 3.48. The van der Waals surface area contributed by atoms with Gasteiger partial charge in [-0.3, -0.25) is 0 Å². The fourth-order valence-electron chi connectivity index (χ4n) is 6.38. The number of ether oxygens (including phenoxy) is 4. The molecule has 2 atom stereocenters. The molecule has 0 aromatic heterocycles. The molecule has 6 nitrogen and oxygen atoms in total. The Morgan fingerprint density at radius 3 is 1.55 bits per heavy atom. The first-order valence-corrected chi connectivity index (χ1v) is 13.2. The number of aryl methyl sites for hydroxylation is 1. The van der Waals surface area contributed by atoms with E-state index < -0.39 is 35.2 Å². The van der Waals surface area contributed by atoms with E-state index in [1.807, 2.05) is 74.5 Å². The van der Waals surface area contributed by atoms with Crippen LogP contribution in [0.25, 0.3) is 0 Å². The average Bonchev–Trinajstić information content (AvgIpc) is 2.99. The quantitative estimate of drug-likeness (QED) is 0.284. The van der Waals surface area contributed by atoms with Crippen molar-refractivity contribution in [3.05, 3.63) is 136 Å². The van der Waals surface area contributed by atoms with Gasteiger partial charge in [0.15, 0.2) is 17.8 Å². The summed E-state index contributed by atoms with van der Waals surface area (Å²) < 4.78 is 24.3. The van der Waals surface area contributed by atoms with Gasteiger partial charge in [0, 0.05) is 7.11 Å². The molecule has 0 saturated carbocycles. The van der Waals surface area contributed by atoms with Gasteiger partial charge in [0.1, 0.15) is 5.75 Å². The van der Waals surface area contributed by atoms with Crippen LogP contribution < -0.4 is 4.74 Å². The summed E-state index contributed by atoms with van der Waals surface area (Å²) >= 11 is 0. The highest BCUT2D eigenvalue weighted by atomic mass is 16.6. The number of esters is 2. The standard InChI is InChI=1S/C34H30O6/c1-21-13-15-22(16-14-21)31(35)39-29-30(40-32(36)23-17-19-24(37-3)20-18-23)34(38-4)27-11-7-5-9-25(27)33(29,2)26-10-6-8-12-28(26)34/h5-20,29-30H,1-4H3. The summed E-state index contributed by atoms with van der Waals surface area (Å²) in [5.74, 6) is -0.418. The topological polar surface area (TPSA) is 71.1 Å². The first-order valence-electron chi connectivity index (χ1n) is 13.2. The molecule has 0 amide bonds. The van der Waals surface area contributed by atoms with Crippen molar-refractivity contribution in [2.45, 2.75) is 37.1 Å². The van der Waals surface area contributed by atoms with E-state index in [1.54, 1.807) is 50.6 Å². The second-order valence-corrected chi connectivity index (χ2v) is 10.5. The number of carbonyl (C=O) groups excluding carboxylic acids is 2. The minimum Gasteiger partial charge on any atom is -0.497 e. The molecule has 3 aliphatic carbocycles. The minimum absolute atomic E-state index is 0.351. The number of hydrogen-bond acceptors (Lipinski definition) is 6. The molecular weight excluding hydrogens is 504 g/mol. The molecule has 4 aromatic rings. The largest absolute Gasteiger partial charge is 0.497 e. The van der Waals surface area contributed by atoms with Crippen molar-refractivity contribution in [2.24, 2.45) is 0 Å². The normalized spacial score (nSPS) is 24.0. The summed E-state index contributed by atoms with van der Waals surface area (Å²) in [7, 11) is 3.17. The van der Waals surface area contributed by atoms with E-state index in [0.717, 1.165) is 27.8 Å². The monoisotopic (exact) mass is 534 g/mol. The minimum atomic E-state index is -1.20. The van der Waals surface area contributed by atoms with E-state index in [4.69, 9.17) is 18.9 Å². The Kier molecular flexibility index (Phi) is 6.23. The van der Waals surface area contributed by atoms with Crippen LogP contribution in [0.5, 0.6) is 5.75 Å². The number of benzene rings is 4. The van der Waals surface area contributed by atoms with E-state index in [1.165, 1.54) is 0 Å².